The topological polar surface area (TPSA) is 85.3 Å². The molecule has 6 heteroatoms. The van der Waals surface area contributed by atoms with Crippen LogP contribution in [0.25, 0.3) is 10.9 Å². The molecular weight excluding hydrogens is 408 g/mol. The number of hydrogen-bond donors (Lipinski definition) is 2. The van der Waals surface area contributed by atoms with Gasteiger partial charge in [-0.15, -0.1) is 0 Å². The summed E-state index contributed by atoms with van der Waals surface area (Å²) in [7, 11) is 0. The number of aromatic carboxylic acids is 1. The van der Waals surface area contributed by atoms with E-state index in [2.05, 4.69) is 41.9 Å². The number of nitrogens with zero attached hydrogens (tertiary/aromatic N) is 1. The third-order valence-corrected chi connectivity index (χ3v) is 5.16. The predicted molar refractivity (Wildman–Crippen MR) is 109 cm³/mol. The number of aromatic nitrogens is 1. The van der Waals surface area contributed by atoms with Gasteiger partial charge in [0.1, 0.15) is 5.69 Å². The second kappa shape index (κ2) is 7.56. The van der Waals surface area contributed by atoms with Crippen LogP contribution in [0, 0.1) is 0 Å². The number of primary amides is 1. The molecule has 2 aromatic carbocycles. The van der Waals surface area contributed by atoms with E-state index < -0.39 is 11.9 Å². The van der Waals surface area contributed by atoms with E-state index in [1.807, 2.05) is 30.3 Å². The summed E-state index contributed by atoms with van der Waals surface area (Å²) in [5.41, 5.74) is 8.92. The van der Waals surface area contributed by atoms with E-state index in [0.29, 0.717) is 18.0 Å². The van der Waals surface area contributed by atoms with Gasteiger partial charge in [-0.25, -0.2) is 4.79 Å². The van der Waals surface area contributed by atoms with Gasteiger partial charge in [-0.1, -0.05) is 54.0 Å². The highest BCUT2D eigenvalue weighted by Crippen LogP contribution is 2.30. The fourth-order valence-electron chi connectivity index (χ4n) is 3.35. The third-order valence-electron chi connectivity index (χ3n) is 4.67. The molecule has 0 atom stereocenters. The highest BCUT2D eigenvalue weighted by atomic mass is 79.9. The number of halogens is 1. The Labute approximate surface area is 165 Å². The molecule has 3 rings (SSSR count). The van der Waals surface area contributed by atoms with Gasteiger partial charge in [-0.3, -0.25) is 4.79 Å². The summed E-state index contributed by atoms with van der Waals surface area (Å²) in [4.78, 5) is 23.6. The van der Waals surface area contributed by atoms with Crippen LogP contribution in [0.3, 0.4) is 0 Å². The highest BCUT2D eigenvalue weighted by molar-refractivity contribution is 9.10. The van der Waals surface area contributed by atoms with Gasteiger partial charge < -0.3 is 15.4 Å². The SMILES string of the molecule is CC(C)c1ccc(Cn2c(C(=O)O)c(CC(N)=O)c3cc(Br)ccc32)cc1. The van der Waals surface area contributed by atoms with Crippen LogP contribution in [-0.4, -0.2) is 21.6 Å². The summed E-state index contributed by atoms with van der Waals surface area (Å²) in [6, 6.07) is 13.7. The molecule has 0 radical (unpaired) electrons. The number of carboxylic acid groups (broad SMARTS) is 1. The standard InChI is InChI=1S/C21H21BrN2O3/c1-12(2)14-5-3-13(4-6-14)11-24-18-8-7-15(22)9-16(18)17(10-19(23)25)20(24)21(26)27/h3-9,12H,10-11H2,1-2H3,(H2,23,25)(H,26,27). The summed E-state index contributed by atoms with van der Waals surface area (Å²) in [5, 5.41) is 10.6. The van der Waals surface area contributed by atoms with E-state index in [9.17, 15) is 14.7 Å². The normalized spacial score (nSPS) is 11.3. The maximum atomic E-state index is 12.0. The lowest BCUT2D eigenvalue weighted by Gasteiger charge is -2.11. The Balaban J connectivity index is 2.17. The van der Waals surface area contributed by atoms with E-state index in [1.165, 1.54) is 5.56 Å². The number of carboxylic acids is 1. The minimum absolute atomic E-state index is 0.106. The van der Waals surface area contributed by atoms with E-state index in [1.54, 1.807) is 4.57 Å². The lowest BCUT2D eigenvalue weighted by Crippen LogP contribution is -2.17. The lowest BCUT2D eigenvalue weighted by molar-refractivity contribution is -0.117. The van der Waals surface area contributed by atoms with E-state index in [0.717, 1.165) is 20.9 Å². The zero-order chi connectivity index (χ0) is 19.7. The first-order chi connectivity index (χ1) is 12.8. The largest absolute Gasteiger partial charge is 0.477 e. The third kappa shape index (κ3) is 3.90. The first-order valence-electron chi connectivity index (χ1n) is 8.69. The van der Waals surface area contributed by atoms with Crippen LogP contribution < -0.4 is 5.73 Å². The Kier molecular flexibility index (Phi) is 5.37. The molecule has 0 fully saturated rings. The van der Waals surface area contributed by atoms with E-state index in [4.69, 9.17) is 5.73 Å². The maximum absolute atomic E-state index is 12.0. The molecule has 3 aromatic rings. The van der Waals surface area contributed by atoms with Crippen LogP contribution in [0.1, 0.15) is 46.9 Å². The van der Waals surface area contributed by atoms with Crippen molar-refractivity contribution in [3.8, 4) is 0 Å². The monoisotopic (exact) mass is 428 g/mol. The zero-order valence-corrected chi connectivity index (χ0v) is 16.8. The van der Waals surface area contributed by atoms with Gasteiger partial charge >= 0.3 is 5.97 Å². The molecular formula is C21H21BrN2O3. The average Bonchev–Trinajstić information content (AvgIpc) is 2.88. The predicted octanol–water partition coefficient (Wildman–Crippen LogP) is 4.30. The van der Waals surface area contributed by atoms with Crippen LogP contribution in [0.4, 0.5) is 0 Å². The molecule has 0 unspecified atom stereocenters. The van der Waals surface area contributed by atoms with E-state index in [-0.39, 0.29) is 12.1 Å². The van der Waals surface area contributed by atoms with Crippen molar-refractivity contribution in [1.29, 1.82) is 0 Å². The van der Waals surface area contributed by atoms with Crippen molar-refractivity contribution in [2.75, 3.05) is 0 Å². The second-order valence-corrected chi connectivity index (χ2v) is 7.83. The molecule has 3 N–H and O–H groups in total. The van der Waals surface area contributed by atoms with Crippen LogP contribution in [-0.2, 0) is 17.8 Å². The Morgan fingerprint density at radius 2 is 1.81 bits per heavy atom. The van der Waals surface area contributed by atoms with Gasteiger partial charge in [-0.05, 0) is 35.2 Å². The molecule has 0 aliphatic carbocycles. The Morgan fingerprint density at radius 1 is 1.15 bits per heavy atom. The Hall–Kier alpha value is -2.60. The number of carbonyl (C=O) groups is 2. The van der Waals surface area contributed by atoms with Crippen LogP contribution >= 0.6 is 15.9 Å². The molecule has 27 heavy (non-hydrogen) atoms. The quantitative estimate of drug-likeness (QED) is 0.613. The van der Waals surface area contributed by atoms with Gasteiger partial charge in [0.05, 0.1) is 6.42 Å². The Morgan fingerprint density at radius 3 is 2.37 bits per heavy atom. The average molecular weight is 429 g/mol. The molecule has 0 bridgehead atoms. The molecule has 0 saturated carbocycles. The summed E-state index contributed by atoms with van der Waals surface area (Å²) in [5.74, 6) is -1.20. The van der Waals surface area contributed by atoms with Crippen LogP contribution in [0.5, 0.6) is 0 Å². The minimum Gasteiger partial charge on any atom is -0.477 e. The number of benzene rings is 2. The van der Waals surface area contributed by atoms with Crippen molar-refractivity contribution < 1.29 is 14.7 Å². The number of rotatable bonds is 6. The van der Waals surface area contributed by atoms with Gasteiger partial charge in [0, 0.05) is 27.5 Å². The van der Waals surface area contributed by atoms with Crippen molar-refractivity contribution in [2.24, 2.45) is 5.73 Å². The van der Waals surface area contributed by atoms with Gasteiger partial charge in [-0.2, -0.15) is 0 Å². The summed E-state index contributed by atoms with van der Waals surface area (Å²) >= 11 is 3.42. The number of hydrogen-bond acceptors (Lipinski definition) is 2. The molecule has 1 amide bonds. The van der Waals surface area contributed by atoms with E-state index >= 15 is 0 Å². The fourth-order valence-corrected chi connectivity index (χ4v) is 3.71. The van der Waals surface area contributed by atoms with Gasteiger partial charge in [0.25, 0.3) is 0 Å². The van der Waals surface area contributed by atoms with Crippen LogP contribution in [0.15, 0.2) is 46.9 Å². The van der Waals surface area contributed by atoms with Crippen molar-refractivity contribution in [3.63, 3.8) is 0 Å². The van der Waals surface area contributed by atoms with Crippen LogP contribution in [0.2, 0.25) is 0 Å². The summed E-state index contributed by atoms with van der Waals surface area (Å²) < 4.78 is 2.56. The zero-order valence-electron chi connectivity index (χ0n) is 15.2. The molecule has 1 aromatic heterocycles. The molecule has 0 saturated heterocycles. The van der Waals surface area contributed by atoms with Crippen molar-refractivity contribution in [1.82, 2.24) is 4.57 Å². The van der Waals surface area contributed by atoms with Crippen molar-refractivity contribution in [3.05, 3.63) is 69.3 Å². The fraction of sp³-hybridized carbons (Fsp3) is 0.238. The molecule has 0 aliphatic rings. The molecule has 5 nitrogen and oxygen atoms in total. The molecule has 1 heterocycles. The van der Waals surface area contributed by atoms with Crippen molar-refractivity contribution >= 4 is 38.7 Å². The number of fused-ring (bicyclic) bond motifs is 1. The number of amides is 1. The molecule has 0 aliphatic heterocycles. The maximum Gasteiger partial charge on any atom is 0.352 e. The number of nitrogens with two attached hydrogens (primary N) is 1. The number of carbonyl (C=O) groups excluding carboxylic acids is 1. The summed E-state index contributed by atoms with van der Waals surface area (Å²) in [6.07, 6.45) is -0.117. The molecule has 140 valence electrons. The second-order valence-electron chi connectivity index (χ2n) is 6.92. The smallest absolute Gasteiger partial charge is 0.352 e. The Bertz CT molecular complexity index is 1020. The molecule has 0 spiro atoms. The van der Waals surface area contributed by atoms with Gasteiger partial charge in [0.2, 0.25) is 5.91 Å². The summed E-state index contributed by atoms with van der Waals surface area (Å²) in [6.45, 7) is 4.66. The van der Waals surface area contributed by atoms with Crippen molar-refractivity contribution in [2.45, 2.75) is 32.7 Å². The highest BCUT2D eigenvalue weighted by Gasteiger charge is 2.23. The first kappa shape index (κ1) is 19.2. The lowest BCUT2D eigenvalue weighted by atomic mass is 10.0. The first-order valence-corrected chi connectivity index (χ1v) is 9.48. The van der Waals surface area contributed by atoms with Gasteiger partial charge in [0.15, 0.2) is 0 Å². The minimum atomic E-state index is -1.07.